The number of rotatable bonds is 8. The van der Waals surface area contributed by atoms with Crippen molar-refractivity contribution in [1.29, 1.82) is 0 Å². The maximum atomic E-state index is 3.95. The van der Waals surface area contributed by atoms with Gasteiger partial charge in [-0.3, -0.25) is 4.99 Å². The highest BCUT2D eigenvalue weighted by molar-refractivity contribution is 5.73. The Kier molecular flexibility index (Phi) is 9.94. The van der Waals surface area contributed by atoms with Crippen molar-refractivity contribution in [2.75, 3.05) is 0 Å². The summed E-state index contributed by atoms with van der Waals surface area (Å²) in [6.45, 7) is 15.9. The molecule has 0 saturated heterocycles. The van der Waals surface area contributed by atoms with Crippen molar-refractivity contribution in [2.45, 2.75) is 34.1 Å². The second kappa shape index (κ2) is 11.0. The minimum Gasteiger partial charge on any atom is -0.265 e. The molecule has 0 N–H and O–H groups in total. The fourth-order valence-corrected chi connectivity index (χ4v) is 1.73. The van der Waals surface area contributed by atoms with Gasteiger partial charge in [0.25, 0.3) is 0 Å². The molecule has 0 unspecified atom stereocenters. The van der Waals surface area contributed by atoms with Gasteiger partial charge in [-0.1, -0.05) is 63.0 Å². The molecule has 0 amide bonds. The molecular formula is C19H27N. The highest BCUT2D eigenvalue weighted by atomic mass is 14.6. The zero-order valence-electron chi connectivity index (χ0n) is 13.3. The highest BCUT2D eigenvalue weighted by Crippen LogP contribution is 2.13. The van der Waals surface area contributed by atoms with Gasteiger partial charge in [0.2, 0.25) is 0 Å². The number of aliphatic imine (C=N–C) groups is 1. The molecule has 1 nitrogen and oxygen atoms in total. The summed E-state index contributed by atoms with van der Waals surface area (Å²) in [5, 5.41) is 0. The predicted molar refractivity (Wildman–Crippen MR) is 93.1 cm³/mol. The lowest BCUT2D eigenvalue weighted by atomic mass is 10.0. The molecule has 0 atom stereocenters. The average Bonchev–Trinajstić information content (AvgIpc) is 2.36. The molecule has 0 heterocycles. The van der Waals surface area contributed by atoms with E-state index < -0.39 is 0 Å². The first kappa shape index (κ1) is 18.1. The number of nitrogens with zero attached hydrogens (tertiary/aromatic N) is 1. The zero-order valence-corrected chi connectivity index (χ0v) is 13.3. The first-order valence-electron chi connectivity index (χ1n) is 6.98. The molecule has 1 heteroatoms. The summed E-state index contributed by atoms with van der Waals surface area (Å²) in [4.78, 5) is 3.95. The van der Waals surface area contributed by atoms with Crippen LogP contribution < -0.4 is 0 Å². The summed E-state index contributed by atoms with van der Waals surface area (Å²) in [5.74, 6) is 0.645. The number of allylic oxidation sites excluding steroid dienone is 9. The number of hydrogen-bond donors (Lipinski definition) is 0. The third kappa shape index (κ3) is 10.1. The lowest BCUT2D eigenvalue weighted by Gasteiger charge is -2.05. The van der Waals surface area contributed by atoms with Crippen LogP contribution in [0.5, 0.6) is 0 Å². The van der Waals surface area contributed by atoms with E-state index in [4.69, 9.17) is 0 Å². The molecule has 0 bridgehead atoms. The Morgan fingerprint density at radius 2 is 1.75 bits per heavy atom. The van der Waals surface area contributed by atoms with Gasteiger partial charge in [0.15, 0.2) is 0 Å². The molecule has 0 aromatic carbocycles. The third-order valence-corrected chi connectivity index (χ3v) is 2.52. The summed E-state index contributed by atoms with van der Waals surface area (Å²) in [5.41, 5.74) is 3.68. The molecule has 0 saturated carbocycles. The van der Waals surface area contributed by atoms with Crippen LogP contribution in [-0.2, 0) is 0 Å². The van der Waals surface area contributed by atoms with Gasteiger partial charge in [0.05, 0.1) is 0 Å². The molecule has 0 aromatic rings. The Morgan fingerprint density at radius 3 is 2.30 bits per heavy atom. The summed E-state index contributed by atoms with van der Waals surface area (Å²) in [6.07, 6.45) is 16.7. The van der Waals surface area contributed by atoms with E-state index in [1.807, 2.05) is 12.2 Å². The van der Waals surface area contributed by atoms with E-state index in [0.29, 0.717) is 5.92 Å². The Balaban J connectivity index is 4.81. The molecule has 0 aliphatic heterocycles. The van der Waals surface area contributed by atoms with Crippen molar-refractivity contribution >= 4 is 6.21 Å². The first-order chi connectivity index (χ1) is 9.49. The molecule has 20 heavy (non-hydrogen) atoms. The maximum Gasteiger partial charge on any atom is 0.0270 e. The molecule has 0 aliphatic rings. The monoisotopic (exact) mass is 269 g/mol. The van der Waals surface area contributed by atoms with Gasteiger partial charge >= 0.3 is 0 Å². The molecule has 0 fully saturated rings. The van der Waals surface area contributed by atoms with Gasteiger partial charge in [-0.05, 0) is 43.4 Å². The van der Waals surface area contributed by atoms with Crippen LogP contribution in [0.1, 0.15) is 34.1 Å². The quantitative estimate of drug-likeness (QED) is 0.389. The van der Waals surface area contributed by atoms with Crippen molar-refractivity contribution in [3.63, 3.8) is 0 Å². The largest absolute Gasteiger partial charge is 0.265 e. The molecule has 0 aliphatic carbocycles. The maximum absolute atomic E-state index is 3.95. The Morgan fingerprint density at radius 1 is 1.05 bits per heavy atom. The van der Waals surface area contributed by atoms with Gasteiger partial charge in [0.1, 0.15) is 0 Å². The average molecular weight is 269 g/mol. The summed E-state index contributed by atoms with van der Waals surface area (Å²) in [7, 11) is 0. The minimum atomic E-state index is 0.645. The molecule has 0 aromatic heterocycles. The third-order valence-electron chi connectivity index (χ3n) is 2.52. The Bertz CT molecular complexity index is 454. The van der Waals surface area contributed by atoms with Crippen LogP contribution >= 0.6 is 0 Å². The molecular weight excluding hydrogens is 242 g/mol. The van der Waals surface area contributed by atoms with Crippen LogP contribution in [0.3, 0.4) is 0 Å². The molecule has 0 spiro atoms. The standard InChI is InChI=1S/C19H27N/c1-7-9-19(14-16(3)4)11-10-17(5)15-18(6)12-13-20-8-2/h7-13,15-16H,1-2,14H2,3-6H3/b11-10+,17-15+,18-12+,19-9+,20-13-. The number of hydrogen-bond acceptors (Lipinski definition) is 1. The van der Waals surface area contributed by atoms with Crippen molar-refractivity contribution in [3.05, 3.63) is 72.5 Å². The lowest BCUT2D eigenvalue weighted by Crippen LogP contribution is -1.89. The molecule has 0 rings (SSSR count). The fourth-order valence-electron chi connectivity index (χ4n) is 1.73. The van der Waals surface area contributed by atoms with E-state index in [0.717, 1.165) is 12.0 Å². The summed E-state index contributed by atoms with van der Waals surface area (Å²) < 4.78 is 0. The van der Waals surface area contributed by atoms with E-state index in [2.05, 4.69) is 70.1 Å². The van der Waals surface area contributed by atoms with Gasteiger partial charge in [-0.2, -0.15) is 0 Å². The first-order valence-corrected chi connectivity index (χ1v) is 6.98. The predicted octanol–water partition coefficient (Wildman–Crippen LogP) is 5.81. The molecule has 0 radical (unpaired) electrons. The second-order valence-corrected chi connectivity index (χ2v) is 5.19. The van der Waals surface area contributed by atoms with Gasteiger partial charge in [-0.25, -0.2) is 0 Å². The van der Waals surface area contributed by atoms with Crippen molar-refractivity contribution in [3.8, 4) is 0 Å². The van der Waals surface area contributed by atoms with Crippen LogP contribution in [0.15, 0.2) is 77.5 Å². The van der Waals surface area contributed by atoms with E-state index in [1.165, 1.54) is 17.3 Å². The van der Waals surface area contributed by atoms with Crippen LogP contribution in [0.25, 0.3) is 0 Å². The van der Waals surface area contributed by atoms with E-state index in [-0.39, 0.29) is 0 Å². The lowest BCUT2D eigenvalue weighted by molar-refractivity contribution is 0.650. The Labute approximate surface area is 124 Å². The van der Waals surface area contributed by atoms with Crippen molar-refractivity contribution in [1.82, 2.24) is 0 Å². The molecule has 108 valence electrons. The van der Waals surface area contributed by atoms with Gasteiger partial charge < -0.3 is 0 Å². The Hall–Kier alpha value is -1.89. The highest BCUT2D eigenvalue weighted by Gasteiger charge is 1.96. The summed E-state index contributed by atoms with van der Waals surface area (Å²) in [6, 6.07) is 0. The van der Waals surface area contributed by atoms with Crippen LogP contribution in [-0.4, -0.2) is 6.21 Å². The van der Waals surface area contributed by atoms with Gasteiger partial charge in [0, 0.05) is 12.4 Å². The normalized spacial score (nSPS) is 14.6. The van der Waals surface area contributed by atoms with E-state index >= 15 is 0 Å². The fraction of sp³-hybridized carbons (Fsp3) is 0.316. The second-order valence-electron chi connectivity index (χ2n) is 5.19. The minimum absolute atomic E-state index is 0.645. The van der Waals surface area contributed by atoms with Crippen LogP contribution in [0.2, 0.25) is 0 Å². The van der Waals surface area contributed by atoms with Crippen LogP contribution in [0, 0.1) is 5.92 Å². The van der Waals surface area contributed by atoms with Crippen LogP contribution in [0.4, 0.5) is 0 Å². The summed E-state index contributed by atoms with van der Waals surface area (Å²) >= 11 is 0. The van der Waals surface area contributed by atoms with Gasteiger partial charge in [-0.15, -0.1) is 0 Å². The SMILES string of the molecule is C=C\C=C(/C=C/C(C)=C/C(C)=C/C=N\C=C)CC(C)C. The van der Waals surface area contributed by atoms with E-state index in [9.17, 15) is 0 Å². The smallest absolute Gasteiger partial charge is 0.0270 e. The zero-order chi connectivity index (χ0) is 15.4. The topological polar surface area (TPSA) is 12.4 Å². The van der Waals surface area contributed by atoms with Crippen molar-refractivity contribution < 1.29 is 0 Å². The van der Waals surface area contributed by atoms with Crippen molar-refractivity contribution in [2.24, 2.45) is 10.9 Å². The van der Waals surface area contributed by atoms with E-state index in [1.54, 1.807) is 6.21 Å².